The SMILES string of the molecule is CCC1CN(c2nc(C)cc(C#N)n2)CCN1C. The first-order chi connectivity index (χ1) is 8.63. The Hall–Kier alpha value is -1.67. The molecule has 1 atom stereocenters. The minimum absolute atomic E-state index is 0.449. The Balaban J connectivity index is 2.22. The second-order valence-corrected chi connectivity index (χ2v) is 4.80. The summed E-state index contributed by atoms with van der Waals surface area (Å²) in [7, 11) is 2.16. The van der Waals surface area contributed by atoms with Crippen LogP contribution in [-0.2, 0) is 0 Å². The van der Waals surface area contributed by atoms with Gasteiger partial charge in [-0.05, 0) is 26.5 Å². The number of aryl methyl sites for hydroxylation is 1. The van der Waals surface area contributed by atoms with Crippen LogP contribution in [0.4, 0.5) is 5.95 Å². The van der Waals surface area contributed by atoms with Gasteiger partial charge in [0.15, 0.2) is 0 Å². The zero-order valence-corrected chi connectivity index (χ0v) is 11.2. The minimum Gasteiger partial charge on any atom is -0.338 e. The topological polar surface area (TPSA) is 56.1 Å². The van der Waals surface area contributed by atoms with E-state index in [0.717, 1.165) is 31.7 Å². The molecule has 2 rings (SSSR count). The van der Waals surface area contributed by atoms with Crippen molar-refractivity contribution in [2.24, 2.45) is 0 Å². The third-order valence-electron chi connectivity index (χ3n) is 3.49. The highest BCUT2D eigenvalue weighted by molar-refractivity contribution is 5.36. The van der Waals surface area contributed by atoms with Crippen LogP contribution >= 0.6 is 0 Å². The van der Waals surface area contributed by atoms with Crippen molar-refractivity contribution >= 4 is 5.95 Å². The molecule has 1 unspecified atom stereocenters. The maximum atomic E-state index is 8.96. The van der Waals surface area contributed by atoms with Crippen molar-refractivity contribution in [3.63, 3.8) is 0 Å². The van der Waals surface area contributed by atoms with Crippen LogP contribution < -0.4 is 4.90 Å². The van der Waals surface area contributed by atoms with E-state index in [1.807, 2.05) is 6.92 Å². The molecule has 18 heavy (non-hydrogen) atoms. The number of piperazine rings is 1. The Labute approximate surface area is 108 Å². The Morgan fingerprint density at radius 1 is 1.44 bits per heavy atom. The van der Waals surface area contributed by atoms with Gasteiger partial charge in [-0.15, -0.1) is 0 Å². The normalized spacial score (nSPS) is 20.8. The number of hydrogen-bond donors (Lipinski definition) is 0. The maximum Gasteiger partial charge on any atom is 0.226 e. The fourth-order valence-corrected chi connectivity index (χ4v) is 2.32. The van der Waals surface area contributed by atoms with Gasteiger partial charge in [-0.25, -0.2) is 9.97 Å². The number of likely N-dealkylation sites (N-methyl/N-ethyl adjacent to an activating group) is 1. The summed E-state index contributed by atoms with van der Waals surface area (Å²) >= 11 is 0. The molecule has 0 N–H and O–H groups in total. The Morgan fingerprint density at radius 3 is 2.89 bits per heavy atom. The van der Waals surface area contributed by atoms with Gasteiger partial charge in [-0.3, -0.25) is 4.90 Å². The second kappa shape index (κ2) is 5.32. The van der Waals surface area contributed by atoms with Crippen molar-refractivity contribution < 1.29 is 0 Å². The summed E-state index contributed by atoms with van der Waals surface area (Å²) in [5.74, 6) is 0.693. The number of anilines is 1. The molecule has 0 saturated carbocycles. The van der Waals surface area contributed by atoms with E-state index in [1.54, 1.807) is 6.07 Å². The summed E-state index contributed by atoms with van der Waals surface area (Å²) in [6, 6.07) is 4.35. The quantitative estimate of drug-likeness (QED) is 0.783. The standard InChI is InChI=1S/C13H19N5/c1-4-12-9-18(6-5-17(12)3)13-15-10(2)7-11(8-14)16-13/h7,12H,4-6,9H2,1-3H3. The van der Waals surface area contributed by atoms with Crippen molar-refractivity contribution in [1.29, 1.82) is 5.26 Å². The zero-order chi connectivity index (χ0) is 13.1. The highest BCUT2D eigenvalue weighted by atomic mass is 15.3. The molecule has 1 aliphatic heterocycles. The zero-order valence-electron chi connectivity index (χ0n) is 11.2. The van der Waals surface area contributed by atoms with Crippen LogP contribution in [0.5, 0.6) is 0 Å². The number of nitriles is 1. The molecule has 0 radical (unpaired) electrons. The van der Waals surface area contributed by atoms with Crippen molar-refractivity contribution in [2.45, 2.75) is 26.3 Å². The Bertz CT molecular complexity index is 465. The molecule has 5 heteroatoms. The monoisotopic (exact) mass is 245 g/mol. The fraction of sp³-hybridized carbons (Fsp3) is 0.615. The van der Waals surface area contributed by atoms with Crippen molar-refractivity contribution in [3.8, 4) is 6.07 Å². The third kappa shape index (κ3) is 2.59. The highest BCUT2D eigenvalue weighted by Crippen LogP contribution is 2.16. The van der Waals surface area contributed by atoms with Gasteiger partial charge in [-0.2, -0.15) is 5.26 Å². The molecule has 1 aromatic heterocycles. The smallest absolute Gasteiger partial charge is 0.226 e. The lowest BCUT2D eigenvalue weighted by molar-refractivity contribution is 0.212. The fourth-order valence-electron chi connectivity index (χ4n) is 2.32. The van der Waals surface area contributed by atoms with Gasteiger partial charge < -0.3 is 4.90 Å². The first-order valence-corrected chi connectivity index (χ1v) is 6.35. The van der Waals surface area contributed by atoms with E-state index in [-0.39, 0.29) is 0 Å². The van der Waals surface area contributed by atoms with E-state index < -0.39 is 0 Å². The Kier molecular flexibility index (Phi) is 3.78. The van der Waals surface area contributed by atoms with Crippen LogP contribution in [0.25, 0.3) is 0 Å². The molecule has 5 nitrogen and oxygen atoms in total. The van der Waals surface area contributed by atoms with Gasteiger partial charge in [0.2, 0.25) is 5.95 Å². The summed E-state index contributed by atoms with van der Waals surface area (Å²) in [6.07, 6.45) is 1.12. The van der Waals surface area contributed by atoms with Crippen LogP contribution in [0, 0.1) is 18.3 Å². The van der Waals surface area contributed by atoms with Crippen LogP contribution in [0.15, 0.2) is 6.07 Å². The van der Waals surface area contributed by atoms with E-state index in [2.05, 4.69) is 39.8 Å². The lowest BCUT2D eigenvalue weighted by Crippen LogP contribution is -2.51. The van der Waals surface area contributed by atoms with Gasteiger partial charge >= 0.3 is 0 Å². The van der Waals surface area contributed by atoms with E-state index >= 15 is 0 Å². The van der Waals surface area contributed by atoms with Crippen LogP contribution in [0.2, 0.25) is 0 Å². The molecular formula is C13H19N5. The van der Waals surface area contributed by atoms with Gasteiger partial charge in [0.1, 0.15) is 11.8 Å². The molecule has 0 bridgehead atoms. The molecule has 1 aromatic rings. The summed E-state index contributed by atoms with van der Waals surface area (Å²) in [6.45, 7) is 6.96. The summed E-state index contributed by atoms with van der Waals surface area (Å²) in [5.41, 5.74) is 1.30. The summed E-state index contributed by atoms with van der Waals surface area (Å²) < 4.78 is 0. The van der Waals surface area contributed by atoms with E-state index in [0.29, 0.717) is 17.7 Å². The molecule has 1 fully saturated rings. The predicted octanol–water partition coefficient (Wildman–Crippen LogP) is 1.19. The highest BCUT2D eigenvalue weighted by Gasteiger charge is 2.24. The molecule has 2 heterocycles. The van der Waals surface area contributed by atoms with Crippen LogP contribution in [0.1, 0.15) is 24.7 Å². The number of hydrogen-bond acceptors (Lipinski definition) is 5. The van der Waals surface area contributed by atoms with Crippen molar-refractivity contribution in [3.05, 3.63) is 17.5 Å². The molecular weight excluding hydrogens is 226 g/mol. The van der Waals surface area contributed by atoms with E-state index in [9.17, 15) is 0 Å². The molecule has 0 spiro atoms. The molecule has 0 aromatic carbocycles. The average Bonchev–Trinajstić information content (AvgIpc) is 2.38. The maximum absolute atomic E-state index is 8.96. The van der Waals surface area contributed by atoms with Gasteiger partial charge in [0, 0.05) is 31.4 Å². The third-order valence-corrected chi connectivity index (χ3v) is 3.49. The van der Waals surface area contributed by atoms with E-state index in [1.165, 1.54) is 0 Å². The predicted molar refractivity (Wildman–Crippen MR) is 70.4 cm³/mol. The van der Waals surface area contributed by atoms with Gasteiger partial charge in [0.05, 0.1) is 0 Å². The van der Waals surface area contributed by atoms with Crippen molar-refractivity contribution in [2.75, 3.05) is 31.6 Å². The minimum atomic E-state index is 0.449. The van der Waals surface area contributed by atoms with Crippen LogP contribution in [0.3, 0.4) is 0 Å². The first-order valence-electron chi connectivity index (χ1n) is 6.35. The number of nitrogens with zero attached hydrogens (tertiary/aromatic N) is 5. The second-order valence-electron chi connectivity index (χ2n) is 4.80. The largest absolute Gasteiger partial charge is 0.338 e. The van der Waals surface area contributed by atoms with Crippen LogP contribution in [-0.4, -0.2) is 47.6 Å². The number of rotatable bonds is 2. The first kappa shape index (κ1) is 12.8. The molecule has 96 valence electrons. The Morgan fingerprint density at radius 2 is 2.22 bits per heavy atom. The summed E-state index contributed by atoms with van der Waals surface area (Å²) in [4.78, 5) is 13.3. The molecule has 0 aliphatic carbocycles. The van der Waals surface area contributed by atoms with Crippen molar-refractivity contribution in [1.82, 2.24) is 14.9 Å². The molecule has 1 saturated heterocycles. The lowest BCUT2D eigenvalue weighted by Gasteiger charge is -2.39. The summed E-state index contributed by atoms with van der Waals surface area (Å²) in [5, 5.41) is 8.96. The molecule has 0 amide bonds. The average molecular weight is 245 g/mol. The molecule has 1 aliphatic rings. The van der Waals surface area contributed by atoms with Gasteiger partial charge in [0.25, 0.3) is 0 Å². The lowest BCUT2D eigenvalue weighted by atomic mass is 10.1. The van der Waals surface area contributed by atoms with Gasteiger partial charge in [-0.1, -0.05) is 6.92 Å². The van der Waals surface area contributed by atoms with E-state index in [4.69, 9.17) is 5.26 Å². The number of aromatic nitrogens is 2.